The SMILES string of the molecule is Cc1ccc(N2CCC3(CC2)CC(=O)N(C/C=C/c2ccccc2)C3)nn1. The summed E-state index contributed by atoms with van der Waals surface area (Å²) in [5.74, 6) is 1.23. The van der Waals surface area contributed by atoms with Crippen molar-refractivity contribution in [2.24, 2.45) is 5.41 Å². The Kier molecular flexibility index (Phi) is 4.92. The molecule has 0 N–H and O–H groups in total. The fraction of sp³-hybridized carbons (Fsp3) is 0.409. The minimum Gasteiger partial charge on any atom is -0.355 e. The largest absolute Gasteiger partial charge is 0.355 e. The topological polar surface area (TPSA) is 49.3 Å². The second kappa shape index (κ2) is 7.51. The van der Waals surface area contributed by atoms with E-state index in [1.54, 1.807) is 0 Å². The van der Waals surface area contributed by atoms with Gasteiger partial charge in [-0.25, -0.2) is 0 Å². The zero-order valence-corrected chi connectivity index (χ0v) is 15.8. The van der Waals surface area contributed by atoms with Gasteiger partial charge in [0.05, 0.1) is 5.69 Å². The van der Waals surface area contributed by atoms with Crippen LogP contribution in [0.1, 0.15) is 30.5 Å². The zero-order chi connectivity index (χ0) is 18.7. The Morgan fingerprint density at radius 3 is 2.56 bits per heavy atom. The van der Waals surface area contributed by atoms with Crippen LogP contribution in [0.2, 0.25) is 0 Å². The molecule has 0 aliphatic carbocycles. The molecule has 2 fully saturated rings. The third-order valence-corrected chi connectivity index (χ3v) is 5.77. The molecule has 3 heterocycles. The van der Waals surface area contributed by atoms with Crippen molar-refractivity contribution >= 4 is 17.8 Å². The van der Waals surface area contributed by atoms with Crippen LogP contribution in [0.5, 0.6) is 0 Å². The third kappa shape index (κ3) is 4.02. The summed E-state index contributed by atoms with van der Waals surface area (Å²) < 4.78 is 0. The Balaban J connectivity index is 1.33. The first-order valence-corrected chi connectivity index (χ1v) is 9.68. The van der Waals surface area contributed by atoms with Crippen LogP contribution in [0.15, 0.2) is 48.5 Å². The molecule has 0 saturated carbocycles. The molecule has 140 valence electrons. The minimum absolute atomic E-state index is 0.131. The standard InChI is InChI=1S/C22H26N4O/c1-18-9-10-20(24-23-18)25-14-11-22(12-15-25)16-21(27)26(17-22)13-5-8-19-6-3-2-4-7-19/h2-10H,11-17H2,1H3/b8-5+. The first-order chi connectivity index (χ1) is 13.1. The normalized spacial score (nSPS) is 19.4. The Morgan fingerprint density at radius 1 is 1.07 bits per heavy atom. The number of anilines is 1. The van der Waals surface area contributed by atoms with Gasteiger partial charge in [-0.15, -0.1) is 5.10 Å². The van der Waals surface area contributed by atoms with Crippen LogP contribution in [0.4, 0.5) is 5.82 Å². The lowest BCUT2D eigenvalue weighted by atomic mass is 9.77. The number of carbonyl (C=O) groups is 1. The molecule has 0 radical (unpaired) electrons. The summed E-state index contributed by atoms with van der Waals surface area (Å²) in [6, 6.07) is 14.3. The van der Waals surface area contributed by atoms with Crippen LogP contribution in [0.25, 0.3) is 6.08 Å². The lowest BCUT2D eigenvalue weighted by Gasteiger charge is -2.39. The number of carbonyl (C=O) groups excluding carboxylic acids is 1. The molecule has 5 heteroatoms. The van der Waals surface area contributed by atoms with Crippen molar-refractivity contribution in [2.75, 3.05) is 31.1 Å². The van der Waals surface area contributed by atoms with Crippen LogP contribution in [0, 0.1) is 12.3 Å². The maximum absolute atomic E-state index is 12.5. The average molecular weight is 362 g/mol. The van der Waals surface area contributed by atoms with E-state index in [0.717, 1.165) is 44.0 Å². The summed E-state index contributed by atoms with van der Waals surface area (Å²) in [6.07, 6.45) is 6.94. The summed E-state index contributed by atoms with van der Waals surface area (Å²) >= 11 is 0. The summed E-state index contributed by atoms with van der Waals surface area (Å²) in [6.45, 7) is 5.41. The van der Waals surface area contributed by atoms with Gasteiger partial charge in [0.15, 0.2) is 5.82 Å². The fourth-order valence-electron chi connectivity index (χ4n) is 4.13. The van der Waals surface area contributed by atoms with Gasteiger partial charge in [0.1, 0.15) is 0 Å². The molecule has 1 amide bonds. The molecular formula is C22H26N4O. The minimum atomic E-state index is 0.131. The molecule has 1 aromatic carbocycles. The van der Waals surface area contributed by atoms with Crippen LogP contribution in [-0.4, -0.2) is 47.2 Å². The Morgan fingerprint density at radius 2 is 1.85 bits per heavy atom. The molecule has 1 aromatic heterocycles. The van der Waals surface area contributed by atoms with Gasteiger partial charge in [0.2, 0.25) is 5.91 Å². The van der Waals surface area contributed by atoms with Gasteiger partial charge in [-0.05, 0) is 37.5 Å². The molecule has 2 aliphatic rings. The molecule has 0 bridgehead atoms. The second-order valence-corrected chi connectivity index (χ2v) is 7.78. The smallest absolute Gasteiger partial charge is 0.223 e. The van der Waals surface area contributed by atoms with Crippen molar-refractivity contribution in [2.45, 2.75) is 26.2 Å². The molecule has 0 unspecified atom stereocenters. The molecule has 27 heavy (non-hydrogen) atoms. The van der Waals surface area contributed by atoms with Gasteiger partial charge < -0.3 is 9.80 Å². The second-order valence-electron chi connectivity index (χ2n) is 7.78. The quantitative estimate of drug-likeness (QED) is 0.837. The molecule has 0 atom stereocenters. The maximum atomic E-state index is 12.5. The molecule has 4 rings (SSSR count). The number of piperidine rings is 1. The molecule has 2 saturated heterocycles. The molecule has 1 spiro atoms. The Bertz CT molecular complexity index is 808. The Hall–Kier alpha value is -2.69. The van der Waals surface area contributed by atoms with Crippen molar-refractivity contribution in [1.29, 1.82) is 0 Å². The predicted molar refractivity (Wildman–Crippen MR) is 107 cm³/mol. The molecule has 2 aliphatic heterocycles. The van der Waals surface area contributed by atoms with Crippen molar-refractivity contribution < 1.29 is 4.79 Å². The number of hydrogen-bond donors (Lipinski definition) is 0. The number of hydrogen-bond acceptors (Lipinski definition) is 4. The average Bonchev–Trinajstić information content (AvgIpc) is 2.99. The summed E-state index contributed by atoms with van der Waals surface area (Å²) in [7, 11) is 0. The third-order valence-electron chi connectivity index (χ3n) is 5.77. The summed E-state index contributed by atoms with van der Waals surface area (Å²) in [4.78, 5) is 16.8. The van der Waals surface area contributed by atoms with Gasteiger partial charge in [-0.2, -0.15) is 5.10 Å². The predicted octanol–water partition coefficient (Wildman–Crippen LogP) is 3.32. The van der Waals surface area contributed by atoms with Gasteiger partial charge >= 0.3 is 0 Å². The van der Waals surface area contributed by atoms with Gasteiger partial charge in [0, 0.05) is 38.0 Å². The lowest BCUT2D eigenvalue weighted by molar-refractivity contribution is -0.127. The van der Waals surface area contributed by atoms with Gasteiger partial charge in [0.25, 0.3) is 0 Å². The lowest BCUT2D eigenvalue weighted by Crippen LogP contribution is -2.42. The van der Waals surface area contributed by atoms with Gasteiger partial charge in [-0.1, -0.05) is 42.5 Å². The highest BCUT2D eigenvalue weighted by molar-refractivity contribution is 5.80. The van der Waals surface area contributed by atoms with Crippen LogP contribution in [-0.2, 0) is 4.79 Å². The number of benzene rings is 1. The fourth-order valence-corrected chi connectivity index (χ4v) is 4.13. The molecule has 5 nitrogen and oxygen atoms in total. The van der Waals surface area contributed by atoms with E-state index in [1.165, 1.54) is 5.56 Å². The van der Waals surface area contributed by atoms with E-state index in [9.17, 15) is 4.79 Å². The van der Waals surface area contributed by atoms with Crippen LogP contribution < -0.4 is 4.90 Å². The van der Waals surface area contributed by atoms with Crippen molar-refractivity contribution in [3.05, 3.63) is 59.8 Å². The van der Waals surface area contributed by atoms with E-state index >= 15 is 0 Å². The van der Waals surface area contributed by atoms with Crippen molar-refractivity contribution in [3.63, 3.8) is 0 Å². The van der Waals surface area contributed by atoms with Crippen LogP contribution >= 0.6 is 0 Å². The number of rotatable bonds is 4. The van der Waals surface area contributed by atoms with Crippen LogP contribution in [0.3, 0.4) is 0 Å². The maximum Gasteiger partial charge on any atom is 0.223 e. The zero-order valence-electron chi connectivity index (χ0n) is 15.8. The van der Waals surface area contributed by atoms with E-state index in [2.05, 4.69) is 39.4 Å². The van der Waals surface area contributed by atoms with Crippen molar-refractivity contribution in [1.82, 2.24) is 15.1 Å². The number of amides is 1. The highest BCUT2D eigenvalue weighted by Gasteiger charge is 2.44. The first kappa shape index (κ1) is 17.7. The van der Waals surface area contributed by atoms with E-state index in [4.69, 9.17) is 0 Å². The van der Waals surface area contributed by atoms with Gasteiger partial charge in [-0.3, -0.25) is 4.79 Å². The highest BCUT2D eigenvalue weighted by atomic mass is 16.2. The van der Waals surface area contributed by atoms with E-state index in [-0.39, 0.29) is 11.3 Å². The van der Waals surface area contributed by atoms with E-state index in [0.29, 0.717) is 13.0 Å². The highest BCUT2D eigenvalue weighted by Crippen LogP contribution is 2.41. The van der Waals surface area contributed by atoms with E-state index < -0.39 is 0 Å². The monoisotopic (exact) mass is 362 g/mol. The Labute approximate surface area is 160 Å². The summed E-state index contributed by atoms with van der Waals surface area (Å²) in [5, 5.41) is 8.47. The van der Waals surface area contributed by atoms with Crippen molar-refractivity contribution in [3.8, 4) is 0 Å². The summed E-state index contributed by atoms with van der Waals surface area (Å²) in [5.41, 5.74) is 2.24. The molecular weight excluding hydrogens is 336 g/mol. The number of likely N-dealkylation sites (tertiary alicyclic amines) is 1. The number of aromatic nitrogens is 2. The van der Waals surface area contributed by atoms with E-state index in [1.807, 2.05) is 42.2 Å². The number of aryl methyl sites for hydroxylation is 1. The first-order valence-electron chi connectivity index (χ1n) is 9.68. The molecule has 2 aromatic rings. The number of nitrogens with zero attached hydrogens (tertiary/aromatic N) is 4.